The summed E-state index contributed by atoms with van der Waals surface area (Å²) in [6.45, 7) is 6.83. The highest BCUT2D eigenvalue weighted by Crippen LogP contribution is 2.24. The van der Waals surface area contributed by atoms with E-state index in [0.29, 0.717) is 26.7 Å². The number of hydrogen-bond acceptors (Lipinski definition) is 10. The van der Waals surface area contributed by atoms with Crippen LogP contribution in [0.25, 0.3) is 0 Å². The molecule has 20 heteroatoms. The number of guanidine groups is 1. The zero-order valence-electron chi connectivity index (χ0n) is 37.5. The summed E-state index contributed by atoms with van der Waals surface area (Å²) in [5, 5.41) is 22.9. The Bertz CT molecular complexity index is 2170. The van der Waals surface area contributed by atoms with E-state index in [2.05, 4.69) is 63.4 Å². The number of primary amides is 1. The van der Waals surface area contributed by atoms with Gasteiger partial charge in [-0.2, -0.15) is 0 Å². The summed E-state index contributed by atoms with van der Waals surface area (Å²) in [4.78, 5) is 98.7. The second kappa shape index (κ2) is 27.1. The number of benzene rings is 3. The molecule has 66 heavy (non-hydrogen) atoms. The van der Waals surface area contributed by atoms with Crippen LogP contribution in [-0.4, -0.2) is 102 Å². The number of aliphatic hydroxyl groups excluding tert-OH is 1. The van der Waals surface area contributed by atoms with Crippen LogP contribution >= 0.6 is 31.9 Å². The summed E-state index contributed by atoms with van der Waals surface area (Å²) in [5.74, 6) is -5.10. The Labute approximate surface area is 401 Å². The molecule has 0 spiro atoms. The topological polar surface area (TPSA) is 316 Å². The van der Waals surface area contributed by atoms with Gasteiger partial charge in [0.05, 0.1) is 6.61 Å². The second-order valence-corrected chi connectivity index (χ2v) is 18.5. The lowest BCUT2D eigenvalue weighted by Crippen LogP contribution is -2.60. The van der Waals surface area contributed by atoms with E-state index < -0.39 is 78.3 Å². The lowest BCUT2D eigenvalue weighted by atomic mass is 9.98. The van der Waals surface area contributed by atoms with Crippen molar-refractivity contribution in [2.45, 2.75) is 102 Å². The van der Waals surface area contributed by atoms with Gasteiger partial charge in [-0.15, -0.1) is 0 Å². The van der Waals surface area contributed by atoms with E-state index in [4.69, 9.17) is 22.9 Å². The number of nitrogens with zero attached hydrogens (tertiary/aromatic N) is 1. The zero-order chi connectivity index (χ0) is 49.1. The van der Waals surface area contributed by atoms with Gasteiger partial charge in [-0.3, -0.25) is 38.6 Å². The number of amides is 6. The number of aliphatic imine (C=N–C) groups is 1. The van der Waals surface area contributed by atoms with Gasteiger partial charge >= 0.3 is 0 Å². The van der Waals surface area contributed by atoms with Crippen molar-refractivity contribution < 1.29 is 38.7 Å². The minimum atomic E-state index is -1.29. The molecule has 3 rings (SSSR count). The third kappa shape index (κ3) is 18.3. The van der Waals surface area contributed by atoms with Crippen molar-refractivity contribution in [2.24, 2.45) is 39.8 Å². The largest absolute Gasteiger partial charge is 0.394 e. The van der Waals surface area contributed by atoms with E-state index >= 15 is 0 Å². The molecule has 0 radical (unpaired) electrons. The molecule has 0 fully saturated rings. The normalized spacial score (nSPS) is 13.8. The van der Waals surface area contributed by atoms with Crippen molar-refractivity contribution in [1.29, 1.82) is 0 Å². The van der Waals surface area contributed by atoms with Gasteiger partial charge in [-0.1, -0.05) is 114 Å². The summed E-state index contributed by atoms with van der Waals surface area (Å²) in [6.07, 6.45) is 0.549. The number of carbonyl (C=O) groups is 7. The molecule has 0 unspecified atom stereocenters. The fourth-order valence-electron chi connectivity index (χ4n) is 6.77. The van der Waals surface area contributed by atoms with Gasteiger partial charge in [-0.25, -0.2) is 0 Å². The predicted octanol–water partition coefficient (Wildman–Crippen LogP) is 1.60. The molecule has 6 atom stereocenters. The van der Waals surface area contributed by atoms with E-state index in [1.54, 1.807) is 72.8 Å². The maximum atomic E-state index is 14.1. The number of aliphatic hydroxyl groups is 1. The molecule has 0 saturated heterocycles. The SMILES string of the molecule is CC(C)C[C@H](NC(=O)[C@H](CC(C)C)NC(=O)[C@H](Cc1ccccc1)NC(=O)[C@@H](N)CO)C(=O)N[C@@H](CCCN=C(N)N)C(=O)N[C@@H](Cc1ccc(C(=O)c2cc(Br)ccc2Br)cc1)C(N)=O. The summed E-state index contributed by atoms with van der Waals surface area (Å²) in [7, 11) is 0. The maximum Gasteiger partial charge on any atom is 0.243 e. The van der Waals surface area contributed by atoms with Crippen LogP contribution in [0.2, 0.25) is 0 Å². The standard InChI is InChI=1S/C46H62Br2N10O8/c1-25(2)19-36(57-44(65)37(20-26(3)4)58-45(66)38(56-41(62)33(49)24-59)22-27-9-6-5-7-10-27)43(64)54-34(11-8-18-53-46(51)52)42(63)55-35(40(50)61)21-28-12-14-29(15-13-28)39(60)31-23-30(47)16-17-32(31)48/h5-7,9-10,12-17,23,25-26,33-38,59H,8,11,18-22,24,49H2,1-4H3,(H2,50,61)(H,54,64)(H,55,63)(H,56,62)(H,57,65)(H,58,66)(H4,51,52,53)/t33-,34-,35-,36-,37-,38-/m0/s1. The molecule has 0 bridgehead atoms. The minimum Gasteiger partial charge on any atom is -0.394 e. The molecule has 0 aliphatic carbocycles. The molecule has 6 amide bonds. The Morgan fingerprint density at radius 2 is 1.11 bits per heavy atom. The highest BCUT2D eigenvalue weighted by molar-refractivity contribution is 9.11. The van der Waals surface area contributed by atoms with Crippen LogP contribution in [0.15, 0.2) is 86.7 Å². The van der Waals surface area contributed by atoms with Crippen LogP contribution in [0.4, 0.5) is 0 Å². The van der Waals surface area contributed by atoms with Gasteiger partial charge in [0.15, 0.2) is 11.7 Å². The van der Waals surface area contributed by atoms with Crippen LogP contribution in [0.1, 0.15) is 80.4 Å². The number of nitrogens with two attached hydrogens (primary N) is 4. The fourth-order valence-corrected chi connectivity index (χ4v) is 7.55. The van der Waals surface area contributed by atoms with Gasteiger partial charge in [-0.05, 0) is 66.8 Å². The Morgan fingerprint density at radius 3 is 1.64 bits per heavy atom. The first kappa shape index (κ1) is 54.6. The average Bonchev–Trinajstić information content (AvgIpc) is 3.26. The van der Waals surface area contributed by atoms with Crippen LogP contribution in [-0.2, 0) is 41.6 Å². The van der Waals surface area contributed by atoms with Gasteiger partial charge in [0.1, 0.15) is 36.3 Å². The first-order valence-corrected chi connectivity index (χ1v) is 23.1. The molecular weight excluding hydrogens is 980 g/mol. The monoisotopic (exact) mass is 1040 g/mol. The van der Waals surface area contributed by atoms with E-state index in [1.165, 1.54) is 0 Å². The molecule has 358 valence electrons. The average molecular weight is 1040 g/mol. The molecule has 0 aliphatic heterocycles. The Kier molecular flexibility index (Phi) is 22.4. The van der Waals surface area contributed by atoms with E-state index in [0.717, 1.165) is 4.47 Å². The lowest BCUT2D eigenvalue weighted by Gasteiger charge is -2.28. The minimum absolute atomic E-state index is 0.0185. The predicted molar refractivity (Wildman–Crippen MR) is 258 cm³/mol. The molecule has 0 aromatic heterocycles. The number of hydrogen-bond donors (Lipinski definition) is 10. The summed E-state index contributed by atoms with van der Waals surface area (Å²) < 4.78 is 1.35. The van der Waals surface area contributed by atoms with Crippen LogP contribution < -0.4 is 49.5 Å². The van der Waals surface area contributed by atoms with Crippen molar-refractivity contribution in [3.8, 4) is 0 Å². The Balaban J connectivity index is 1.83. The number of ketones is 1. The third-order valence-corrected chi connectivity index (χ3v) is 11.4. The molecule has 3 aromatic carbocycles. The van der Waals surface area contributed by atoms with E-state index in [-0.39, 0.29) is 68.6 Å². The highest BCUT2D eigenvalue weighted by atomic mass is 79.9. The zero-order valence-corrected chi connectivity index (χ0v) is 40.7. The Hall–Kier alpha value is -5.70. The van der Waals surface area contributed by atoms with Crippen molar-refractivity contribution >= 4 is 79.0 Å². The number of carbonyl (C=O) groups excluding carboxylic acids is 7. The quantitative estimate of drug-likeness (QED) is 0.0238. The van der Waals surface area contributed by atoms with E-state index in [1.807, 2.05) is 27.7 Å². The van der Waals surface area contributed by atoms with Crippen molar-refractivity contribution in [3.63, 3.8) is 0 Å². The summed E-state index contributed by atoms with van der Waals surface area (Å²) in [6, 6.07) is 13.3. The molecule has 18 nitrogen and oxygen atoms in total. The number of halogens is 2. The maximum absolute atomic E-state index is 14.1. The first-order chi connectivity index (χ1) is 31.2. The summed E-state index contributed by atoms with van der Waals surface area (Å²) in [5.41, 5.74) is 24.6. The smallest absolute Gasteiger partial charge is 0.243 e. The molecule has 0 heterocycles. The van der Waals surface area contributed by atoms with Crippen LogP contribution in [0.3, 0.4) is 0 Å². The van der Waals surface area contributed by atoms with Gasteiger partial charge in [0.25, 0.3) is 0 Å². The number of rotatable bonds is 26. The molecule has 14 N–H and O–H groups in total. The van der Waals surface area contributed by atoms with Gasteiger partial charge in [0.2, 0.25) is 35.4 Å². The molecular formula is C46H62Br2N10O8. The first-order valence-electron chi connectivity index (χ1n) is 21.5. The molecule has 0 aliphatic rings. The van der Waals surface area contributed by atoms with Crippen molar-refractivity contribution in [2.75, 3.05) is 13.2 Å². The molecule has 0 saturated carbocycles. The third-order valence-electron chi connectivity index (χ3n) is 10.2. The Morgan fingerprint density at radius 1 is 0.621 bits per heavy atom. The van der Waals surface area contributed by atoms with Crippen LogP contribution in [0.5, 0.6) is 0 Å². The van der Waals surface area contributed by atoms with Gasteiger partial charge in [0, 0.05) is 39.5 Å². The fraction of sp³-hybridized carbons (Fsp3) is 0.435. The van der Waals surface area contributed by atoms with E-state index in [9.17, 15) is 38.7 Å². The lowest BCUT2D eigenvalue weighted by molar-refractivity contribution is -0.135. The van der Waals surface area contributed by atoms with Crippen molar-refractivity contribution in [1.82, 2.24) is 26.6 Å². The van der Waals surface area contributed by atoms with Crippen LogP contribution in [0, 0.1) is 11.8 Å². The number of nitrogens with one attached hydrogen (secondary N) is 5. The highest BCUT2D eigenvalue weighted by Gasteiger charge is 2.33. The van der Waals surface area contributed by atoms with Gasteiger partial charge < -0.3 is 54.6 Å². The second-order valence-electron chi connectivity index (χ2n) is 16.7. The summed E-state index contributed by atoms with van der Waals surface area (Å²) >= 11 is 6.80. The molecule has 3 aromatic rings. The van der Waals surface area contributed by atoms with Crippen molar-refractivity contribution in [3.05, 3.63) is 104 Å².